The Balaban J connectivity index is 1.56. The number of methoxy groups -OCH3 is 1. The molecule has 0 unspecified atom stereocenters. The molecule has 30 heavy (non-hydrogen) atoms. The molecule has 1 amide bonds. The minimum atomic E-state index is -0.0364. The van der Waals surface area contributed by atoms with Crippen LogP contribution in [0.1, 0.15) is 15.2 Å². The predicted molar refractivity (Wildman–Crippen MR) is 116 cm³/mol. The summed E-state index contributed by atoms with van der Waals surface area (Å²) >= 11 is 1.35. The lowest BCUT2D eigenvalue weighted by atomic mass is 10.0. The molecule has 0 aliphatic carbocycles. The van der Waals surface area contributed by atoms with Gasteiger partial charge in [0.05, 0.1) is 30.9 Å². The van der Waals surface area contributed by atoms with Gasteiger partial charge in [0, 0.05) is 29.3 Å². The summed E-state index contributed by atoms with van der Waals surface area (Å²) in [6.45, 7) is 1.35. The Morgan fingerprint density at radius 2 is 2.07 bits per heavy atom. The number of thiazole rings is 1. The van der Waals surface area contributed by atoms with Crippen molar-refractivity contribution in [1.82, 2.24) is 14.9 Å². The van der Waals surface area contributed by atoms with Gasteiger partial charge < -0.3 is 14.4 Å². The van der Waals surface area contributed by atoms with E-state index >= 15 is 0 Å². The minimum absolute atomic E-state index is 0.0364. The van der Waals surface area contributed by atoms with Gasteiger partial charge in [-0.25, -0.2) is 0 Å². The Morgan fingerprint density at radius 1 is 1.17 bits per heavy atom. The molecule has 1 aliphatic rings. The van der Waals surface area contributed by atoms with E-state index in [9.17, 15) is 4.79 Å². The second-order valence-electron chi connectivity index (χ2n) is 7.02. The van der Waals surface area contributed by atoms with Crippen molar-refractivity contribution in [2.45, 2.75) is 6.54 Å². The third kappa shape index (κ3) is 3.37. The number of carbonyl (C=O) groups excluding carboxylic acids is 1. The molecule has 1 aliphatic heterocycles. The number of hydrogen-bond acceptors (Lipinski definition) is 6. The maximum atomic E-state index is 12.9. The van der Waals surface area contributed by atoms with Crippen molar-refractivity contribution in [1.29, 1.82) is 0 Å². The van der Waals surface area contributed by atoms with Gasteiger partial charge in [-0.2, -0.15) is 0 Å². The third-order valence-corrected chi connectivity index (χ3v) is 5.94. The van der Waals surface area contributed by atoms with Crippen LogP contribution in [-0.2, 0) is 6.54 Å². The first-order valence-corrected chi connectivity index (χ1v) is 10.5. The fourth-order valence-corrected chi connectivity index (χ4v) is 4.27. The molecule has 5 rings (SSSR count). The average Bonchev–Trinajstić information content (AvgIpc) is 3.24. The maximum Gasteiger partial charge on any atom is 0.265 e. The number of benzene rings is 2. The monoisotopic (exact) mass is 417 g/mol. The molecule has 6 nitrogen and oxygen atoms in total. The molecular weight excluding hydrogens is 398 g/mol. The smallest absolute Gasteiger partial charge is 0.265 e. The molecule has 2 aromatic carbocycles. The minimum Gasteiger partial charge on any atom is -0.493 e. The number of aromatic nitrogens is 2. The van der Waals surface area contributed by atoms with E-state index in [1.54, 1.807) is 23.7 Å². The van der Waals surface area contributed by atoms with E-state index in [-0.39, 0.29) is 5.91 Å². The molecule has 0 saturated heterocycles. The van der Waals surface area contributed by atoms with Crippen LogP contribution >= 0.6 is 11.3 Å². The second-order valence-corrected chi connectivity index (χ2v) is 7.91. The zero-order valence-electron chi connectivity index (χ0n) is 16.4. The largest absolute Gasteiger partial charge is 0.493 e. The van der Waals surface area contributed by atoms with Crippen molar-refractivity contribution in [3.63, 3.8) is 0 Å². The van der Waals surface area contributed by atoms with Gasteiger partial charge in [-0.15, -0.1) is 11.3 Å². The third-order valence-electron chi connectivity index (χ3n) is 5.17. The standard InChI is InChI=1S/C23H19N3O3S/c1-28-20-10-16(17-8-15-4-2-3-5-19(15)25-11-17)9-18-13-26(6-7-29-22(18)20)23(27)21-12-24-14-30-21/h2-5,8-12,14H,6-7,13H2,1H3. The molecule has 0 N–H and O–H groups in total. The number of rotatable bonds is 3. The van der Waals surface area contributed by atoms with Crippen LogP contribution in [0.2, 0.25) is 0 Å². The number of pyridine rings is 1. The molecule has 0 fully saturated rings. The molecule has 0 bridgehead atoms. The molecule has 0 saturated carbocycles. The quantitative estimate of drug-likeness (QED) is 0.494. The van der Waals surface area contributed by atoms with E-state index < -0.39 is 0 Å². The van der Waals surface area contributed by atoms with Crippen molar-refractivity contribution in [3.8, 4) is 22.6 Å². The number of hydrogen-bond donors (Lipinski definition) is 0. The number of ether oxygens (including phenoxy) is 2. The lowest BCUT2D eigenvalue weighted by molar-refractivity contribution is 0.0737. The zero-order valence-corrected chi connectivity index (χ0v) is 17.2. The van der Waals surface area contributed by atoms with E-state index in [1.165, 1.54) is 11.3 Å². The highest BCUT2D eigenvalue weighted by Gasteiger charge is 2.25. The Labute approximate surface area is 177 Å². The van der Waals surface area contributed by atoms with Gasteiger partial charge in [-0.05, 0) is 29.8 Å². The Bertz CT molecular complexity index is 1220. The highest BCUT2D eigenvalue weighted by Crippen LogP contribution is 2.39. The molecule has 0 atom stereocenters. The van der Waals surface area contributed by atoms with Crippen LogP contribution < -0.4 is 9.47 Å². The normalized spacial score (nSPS) is 13.4. The van der Waals surface area contributed by atoms with E-state index in [1.807, 2.05) is 36.5 Å². The van der Waals surface area contributed by atoms with Crippen LogP contribution in [0, 0.1) is 0 Å². The summed E-state index contributed by atoms with van der Waals surface area (Å²) in [6, 6.07) is 14.2. The number of fused-ring (bicyclic) bond motifs is 2. The van der Waals surface area contributed by atoms with Gasteiger partial charge >= 0.3 is 0 Å². The summed E-state index contributed by atoms with van der Waals surface area (Å²) in [6.07, 6.45) is 3.47. The average molecular weight is 417 g/mol. The predicted octanol–water partition coefficient (Wildman–Crippen LogP) is 4.40. The molecule has 150 valence electrons. The van der Waals surface area contributed by atoms with Gasteiger partial charge in [-0.3, -0.25) is 14.8 Å². The van der Waals surface area contributed by atoms with Crippen molar-refractivity contribution >= 4 is 28.1 Å². The highest BCUT2D eigenvalue weighted by atomic mass is 32.1. The van der Waals surface area contributed by atoms with E-state index in [0.29, 0.717) is 36.1 Å². The van der Waals surface area contributed by atoms with Gasteiger partial charge in [0.2, 0.25) is 0 Å². The first kappa shape index (κ1) is 18.6. The van der Waals surface area contributed by atoms with Crippen molar-refractivity contribution < 1.29 is 14.3 Å². The van der Waals surface area contributed by atoms with Crippen molar-refractivity contribution in [2.24, 2.45) is 0 Å². The van der Waals surface area contributed by atoms with Crippen molar-refractivity contribution in [3.05, 3.63) is 70.8 Å². The Hall–Kier alpha value is -3.45. The van der Waals surface area contributed by atoms with Crippen molar-refractivity contribution in [2.75, 3.05) is 20.3 Å². The summed E-state index contributed by atoms with van der Waals surface area (Å²) in [5.41, 5.74) is 5.49. The lowest BCUT2D eigenvalue weighted by Gasteiger charge is -2.19. The highest BCUT2D eigenvalue weighted by molar-refractivity contribution is 7.11. The molecular formula is C23H19N3O3S. The number of para-hydroxylation sites is 1. The van der Waals surface area contributed by atoms with Crippen LogP contribution in [0.4, 0.5) is 0 Å². The second kappa shape index (κ2) is 7.76. The van der Waals surface area contributed by atoms with E-state index in [0.717, 1.165) is 27.6 Å². The molecule has 2 aromatic heterocycles. The van der Waals surface area contributed by atoms with E-state index in [4.69, 9.17) is 9.47 Å². The van der Waals surface area contributed by atoms with Crippen LogP contribution in [0.15, 0.2) is 60.4 Å². The van der Waals surface area contributed by atoms with Gasteiger partial charge in [0.15, 0.2) is 11.5 Å². The molecule has 3 heterocycles. The van der Waals surface area contributed by atoms with Gasteiger partial charge in [0.25, 0.3) is 5.91 Å². The number of carbonyl (C=O) groups is 1. The molecule has 0 spiro atoms. The summed E-state index contributed by atoms with van der Waals surface area (Å²) < 4.78 is 11.6. The topological polar surface area (TPSA) is 64.6 Å². The first-order chi connectivity index (χ1) is 14.7. The van der Waals surface area contributed by atoms with E-state index in [2.05, 4.69) is 22.1 Å². The van der Waals surface area contributed by atoms with Gasteiger partial charge in [-0.1, -0.05) is 18.2 Å². The molecule has 0 radical (unpaired) electrons. The van der Waals surface area contributed by atoms with Crippen LogP contribution in [0.3, 0.4) is 0 Å². The SMILES string of the molecule is COc1cc(-c2cnc3ccccc3c2)cc2c1OCCN(C(=O)c1cncs1)C2. The van der Waals surface area contributed by atoms with Crippen LogP contribution in [0.25, 0.3) is 22.0 Å². The molecule has 7 heteroatoms. The number of nitrogens with zero attached hydrogens (tertiary/aromatic N) is 3. The fraction of sp³-hybridized carbons (Fsp3) is 0.174. The summed E-state index contributed by atoms with van der Waals surface area (Å²) in [7, 11) is 1.63. The summed E-state index contributed by atoms with van der Waals surface area (Å²) in [4.78, 5) is 23.9. The zero-order chi connectivity index (χ0) is 20.5. The summed E-state index contributed by atoms with van der Waals surface area (Å²) in [5, 5.41) is 1.07. The first-order valence-electron chi connectivity index (χ1n) is 9.59. The fourth-order valence-electron chi connectivity index (χ4n) is 3.68. The van der Waals surface area contributed by atoms with Gasteiger partial charge in [0.1, 0.15) is 11.5 Å². The van der Waals surface area contributed by atoms with Crippen LogP contribution in [0.5, 0.6) is 11.5 Å². The Morgan fingerprint density at radius 3 is 2.90 bits per heavy atom. The molecule has 4 aromatic rings. The Kier molecular flexibility index (Phi) is 4.80. The summed E-state index contributed by atoms with van der Waals surface area (Å²) in [5.74, 6) is 1.31. The lowest BCUT2D eigenvalue weighted by Crippen LogP contribution is -2.31. The number of amides is 1. The maximum absolute atomic E-state index is 12.9. The van der Waals surface area contributed by atoms with Crippen LogP contribution in [-0.4, -0.2) is 41.0 Å².